The summed E-state index contributed by atoms with van der Waals surface area (Å²) in [4.78, 5) is 2.30. The molecule has 0 aliphatic rings. The third-order valence-electron chi connectivity index (χ3n) is 9.75. The molecule has 10 rings (SSSR count). The van der Waals surface area contributed by atoms with Gasteiger partial charge in [-0.3, -0.25) is 0 Å². The SMILES string of the molecule is c1ccc(N(c2ccccc2)c2ccc3oc4cc(-c5cccc6c5c5ccccc5n6-c5ccccc5)c5ccccc5c4c3c2)cc1. The van der Waals surface area contributed by atoms with Crippen LogP contribution < -0.4 is 4.90 Å². The predicted octanol–water partition coefficient (Wildman–Crippen LogP) is 13.0. The Hall–Kier alpha value is -6.58. The van der Waals surface area contributed by atoms with E-state index >= 15 is 0 Å². The first-order chi connectivity index (χ1) is 24.3. The molecule has 0 amide bonds. The maximum Gasteiger partial charge on any atom is 0.136 e. The van der Waals surface area contributed by atoms with Gasteiger partial charge in [-0.05, 0) is 94.7 Å². The zero-order chi connectivity index (χ0) is 32.3. The highest BCUT2D eigenvalue weighted by atomic mass is 16.3. The number of para-hydroxylation sites is 4. The average molecular weight is 627 g/mol. The Morgan fingerprint density at radius 1 is 0.367 bits per heavy atom. The molecule has 0 saturated carbocycles. The molecule has 0 saturated heterocycles. The summed E-state index contributed by atoms with van der Waals surface area (Å²) in [6.45, 7) is 0. The lowest BCUT2D eigenvalue weighted by atomic mass is 9.92. The third kappa shape index (κ3) is 4.29. The zero-order valence-electron chi connectivity index (χ0n) is 26.6. The maximum atomic E-state index is 6.72. The van der Waals surface area contributed by atoms with Crippen molar-refractivity contribution in [1.82, 2.24) is 4.57 Å². The van der Waals surface area contributed by atoms with E-state index in [0.717, 1.165) is 44.7 Å². The molecule has 10 aromatic rings. The van der Waals surface area contributed by atoms with Gasteiger partial charge in [-0.25, -0.2) is 0 Å². The first-order valence-corrected chi connectivity index (χ1v) is 16.7. The second kappa shape index (κ2) is 11.0. The molecule has 0 spiro atoms. The summed E-state index contributed by atoms with van der Waals surface area (Å²) in [6.07, 6.45) is 0. The van der Waals surface area contributed by atoms with Crippen LogP contribution in [0.4, 0.5) is 17.1 Å². The fourth-order valence-corrected chi connectivity index (χ4v) is 7.69. The van der Waals surface area contributed by atoms with Crippen molar-refractivity contribution in [2.24, 2.45) is 0 Å². The Morgan fingerprint density at radius 3 is 1.71 bits per heavy atom. The van der Waals surface area contributed by atoms with Crippen LogP contribution in [0.15, 0.2) is 186 Å². The molecule has 230 valence electrons. The highest BCUT2D eigenvalue weighted by Gasteiger charge is 2.21. The minimum atomic E-state index is 0.876. The Balaban J connectivity index is 1.24. The molecule has 2 aromatic heterocycles. The molecule has 2 heterocycles. The Labute approximate surface area is 283 Å². The lowest BCUT2D eigenvalue weighted by molar-refractivity contribution is 0.669. The largest absolute Gasteiger partial charge is 0.456 e. The molecule has 0 bridgehead atoms. The molecular weight excluding hydrogens is 597 g/mol. The van der Waals surface area contributed by atoms with Crippen LogP contribution >= 0.6 is 0 Å². The van der Waals surface area contributed by atoms with E-state index in [1.807, 2.05) is 0 Å². The van der Waals surface area contributed by atoms with Gasteiger partial charge in [0.2, 0.25) is 0 Å². The van der Waals surface area contributed by atoms with E-state index in [2.05, 4.69) is 191 Å². The lowest BCUT2D eigenvalue weighted by Gasteiger charge is -2.25. The van der Waals surface area contributed by atoms with Crippen molar-refractivity contribution >= 4 is 71.6 Å². The van der Waals surface area contributed by atoms with Gasteiger partial charge >= 0.3 is 0 Å². The van der Waals surface area contributed by atoms with Gasteiger partial charge in [-0.15, -0.1) is 0 Å². The number of benzene rings is 8. The van der Waals surface area contributed by atoms with Crippen LogP contribution in [0.25, 0.3) is 71.3 Å². The van der Waals surface area contributed by atoms with E-state index in [9.17, 15) is 0 Å². The summed E-state index contributed by atoms with van der Waals surface area (Å²) >= 11 is 0. The molecule has 8 aromatic carbocycles. The van der Waals surface area contributed by atoms with Crippen molar-refractivity contribution in [2.75, 3.05) is 4.90 Å². The lowest BCUT2D eigenvalue weighted by Crippen LogP contribution is -2.09. The molecule has 0 atom stereocenters. The number of furan rings is 1. The number of fused-ring (bicyclic) bond motifs is 8. The zero-order valence-corrected chi connectivity index (χ0v) is 26.6. The molecule has 0 radical (unpaired) electrons. The Bertz CT molecular complexity index is 2770. The topological polar surface area (TPSA) is 21.3 Å². The van der Waals surface area contributed by atoms with Crippen LogP contribution in [0.5, 0.6) is 0 Å². The van der Waals surface area contributed by atoms with Crippen LogP contribution in [0, 0.1) is 0 Å². The molecule has 3 nitrogen and oxygen atoms in total. The minimum absolute atomic E-state index is 0.876. The van der Waals surface area contributed by atoms with E-state index in [0.29, 0.717) is 0 Å². The average Bonchev–Trinajstić information content (AvgIpc) is 3.71. The minimum Gasteiger partial charge on any atom is -0.456 e. The summed E-state index contributed by atoms with van der Waals surface area (Å²) in [5.74, 6) is 0. The summed E-state index contributed by atoms with van der Waals surface area (Å²) in [5, 5.41) is 7.10. The molecule has 3 heteroatoms. The highest BCUT2D eigenvalue weighted by Crippen LogP contribution is 2.45. The van der Waals surface area contributed by atoms with Gasteiger partial charge in [0.1, 0.15) is 11.2 Å². The maximum absolute atomic E-state index is 6.72. The van der Waals surface area contributed by atoms with E-state index < -0.39 is 0 Å². The Kier molecular flexibility index (Phi) is 6.18. The summed E-state index contributed by atoms with van der Waals surface area (Å²) < 4.78 is 9.10. The van der Waals surface area contributed by atoms with Crippen LogP contribution in [-0.4, -0.2) is 4.57 Å². The van der Waals surface area contributed by atoms with Crippen LogP contribution in [-0.2, 0) is 0 Å². The molecule has 0 aliphatic carbocycles. The van der Waals surface area contributed by atoms with E-state index in [1.54, 1.807) is 0 Å². The van der Waals surface area contributed by atoms with Crippen LogP contribution in [0.2, 0.25) is 0 Å². The molecule has 0 unspecified atom stereocenters. The molecule has 49 heavy (non-hydrogen) atoms. The number of rotatable bonds is 5. The summed E-state index contributed by atoms with van der Waals surface area (Å²) in [7, 11) is 0. The van der Waals surface area contributed by atoms with Crippen molar-refractivity contribution in [3.05, 3.63) is 182 Å². The first kappa shape index (κ1) is 27.5. The number of aromatic nitrogens is 1. The third-order valence-corrected chi connectivity index (χ3v) is 9.75. The van der Waals surface area contributed by atoms with Gasteiger partial charge in [0.15, 0.2) is 0 Å². The number of hydrogen-bond acceptors (Lipinski definition) is 2. The standard InChI is InChI=1S/C46H30N2O/c1-4-15-31(16-5-1)47(32-17-6-2-7-18-32)34-27-28-43-40(29-34)46-36-22-11-10-21-35(36)39(30-44(46)49-43)37-24-14-26-42-45(37)38-23-12-13-25-41(38)48(42)33-19-8-3-9-20-33/h1-30H. The molecule has 0 N–H and O–H groups in total. The number of hydrogen-bond donors (Lipinski definition) is 0. The van der Waals surface area contributed by atoms with Crippen molar-refractivity contribution in [1.29, 1.82) is 0 Å². The van der Waals surface area contributed by atoms with Crippen molar-refractivity contribution in [2.45, 2.75) is 0 Å². The molecule has 0 aliphatic heterocycles. The van der Waals surface area contributed by atoms with Crippen LogP contribution in [0.1, 0.15) is 0 Å². The fourth-order valence-electron chi connectivity index (χ4n) is 7.69. The van der Waals surface area contributed by atoms with Crippen molar-refractivity contribution in [3.63, 3.8) is 0 Å². The van der Waals surface area contributed by atoms with Gasteiger partial charge in [0, 0.05) is 44.3 Å². The smallest absolute Gasteiger partial charge is 0.136 e. The van der Waals surface area contributed by atoms with E-state index in [4.69, 9.17) is 4.42 Å². The predicted molar refractivity (Wildman–Crippen MR) is 206 cm³/mol. The molecular formula is C46H30N2O. The van der Waals surface area contributed by atoms with Gasteiger partial charge in [-0.1, -0.05) is 109 Å². The molecule has 0 fully saturated rings. The summed E-state index contributed by atoms with van der Waals surface area (Å²) in [5.41, 5.74) is 11.0. The fraction of sp³-hybridized carbons (Fsp3) is 0. The second-order valence-electron chi connectivity index (χ2n) is 12.5. The second-order valence-corrected chi connectivity index (χ2v) is 12.5. The van der Waals surface area contributed by atoms with E-state index in [-0.39, 0.29) is 0 Å². The highest BCUT2D eigenvalue weighted by molar-refractivity contribution is 6.25. The first-order valence-electron chi connectivity index (χ1n) is 16.7. The summed E-state index contributed by atoms with van der Waals surface area (Å²) in [6, 6.07) is 64.7. The number of nitrogens with zero attached hydrogens (tertiary/aromatic N) is 2. The van der Waals surface area contributed by atoms with Crippen molar-refractivity contribution in [3.8, 4) is 16.8 Å². The van der Waals surface area contributed by atoms with Gasteiger partial charge in [0.05, 0.1) is 11.0 Å². The van der Waals surface area contributed by atoms with E-state index in [1.165, 1.54) is 43.7 Å². The van der Waals surface area contributed by atoms with Crippen LogP contribution in [0.3, 0.4) is 0 Å². The van der Waals surface area contributed by atoms with Gasteiger partial charge in [0.25, 0.3) is 0 Å². The quantitative estimate of drug-likeness (QED) is 0.190. The van der Waals surface area contributed by atoms with Crippen molar-refractivity contribution < 1.29 is 4.42 Å². The monoisotopic (exact) mass is 626 g/mol. The Morgan fingerprint density at radius 2 is 0.980 bits per heavy atom. The van der Waals surface area contributed by atoms with Gasteiger partial charge in [-0.2, -0.15) is 0 Å². The normalized spacial score (nSPS) is 11.7. The van der Waals surface area contributed by atoms with Gasteiger partial charge < -0.3 is 13.9 Å². The number of anilines is 3.